The van der Waals surface area contributed by atoms with Crippen molar-refractivity contribution < 1.29 is 0 Å². The van der Waals surface area contributed by atoms with Crippen LogP contribution in [0.4, 0.5) is 5.95 Å². The molecule has 0 spiro atoms. The molecule has 3 aliphatic rings. The van der Waals surface area contributed by atoms with Gasteiger partial charge < -0.3 is 0 Å². The van der Waals surface area contributed by atoms with E-state index >= 15 is 0 Å². The first kappa shape index (κ1) is 14.0. The predicted octanol–water partition coefficient (Wildman–Crippen LogP) is 2.37. The molecule has 23 heavy (non-hydrogen) atoms. The molecule has 0 radical (unpaired) electrons. The Balaban J connectivity index is 1.68. The molecule has 2 aromatic heterocycles. The Bertz CT molecular complexity index is 807. The van der Waals surface area contributed by atoms with Crippen LogP contribution < -0.4 is 15.8 Å². The summed E-state index contributed by atoms with van der Waals surface area (Å²) in [5.41, 5.74) is 7.52. The molecule has 0 aromatic carbocycles. The zero-order chi connectivity index (χ0) is 15.6. The summed E-state index contributed by atoms with van der Waals surface area (Å²) >= 11 is 3.63. The number of aryl methyl sites for hydroxylation is 1. The van der Waals surface area contributed by atoms with Gasteiger partial charge in [0.05, 0.1) is 6.67 Å². The number of thioether (sulfide) groups is 1. The maximum absolute atomic E-state index is 4.45. The molecule has 120 valence electrons. The van der Waals surface area contributed by atoms with Crippen LogP contribution in [0.25, 0.3) is 5.00 Å². The highest BCUT2D eigenvalue weighted by molar-refractivity contribution is 7.99. The molecule has 1 aliphatic carbocycles. The number of hydrogen-bond acceptors (Lipinski definition) is 7. The summed E-state index contributed by atoms with van der Waals surface area (Å²) in [7, 11) is 0. The molecule has 6 nitrogen and oxygen atoms in total. The van der Waals surface area contributed by atoms with Crippen molar-refractivity contribution in [3.05, 3.63) is 28.2 Å². The van der Waals surface area contributed by atoms with Gasteiger partial charge in [0, 0.05) is 16.2 Å². The molecule has 1 atom stereocenters. The van der Waals surface area contributed by atoms with Crippen LogP contribution >= 0.6 is 23.1 Å². The fourth-order valence-corrected chi connectivity index (χ4v) is 5.82. The molecule has 0 bridgehead atoms. The van der Waals surface area contributed by atoms with Gasteiger partial charge in [0.25, 0.3) is 0 Å². The van der Waals surface area contributed by atoms with Crippen LogP contribution in [0, 0.1) is 0 Å². The average Bonchev–Trinajstić information content (AvgIpc) is 3.25. The van der Waals surface area contributed by atoms with E-state index in [-0.39, 0.29) is 6.17 Å². The number of nitrogens with one attached hydrogen (secondary N) is 2. The molecule has 4 heterocycles. The van der Waals surface area contributed by atoms with Gasteiger partial charge >= 0.3 is 0 Å². The quantitative estimate of drug-likeness (QED) is 0.657. The average molecular weight is 346 g/mol. The number of anilines is 1. The number of thiophene rings is 1. The van der Waals surface area contributed by atoms with Crippen LogP contribution in [0.2, 0.25) is 0 Å². The van der Waals surface area contributed by atoms with Crippen LogP contribution in [0.3, 0.4) is 0 Å². The van der Waals surface area contributed by atoms with E-state index in [0.29, 0.717) is 0 Å². The number of nitrogens with zero attached hydrogens (tertiary/aromatic N) is 4. The van der Waals surface area contributed by atoms with Crippen LogP contribution in [-0.4, -0.2) is 27.2 Å². The van der Waals surface area contributed by atoms with Crippen LogP contribution in [0.15, 0.2) is 17.3 Å². The normalized spacial score (nSPS) is 21.1. The second kappa shape index (κ2) is 5.07. The molecule has 0 saturated carbocycles. The van der Waals surface area contributed by atoms with E-state index in [1.165, 1.54) is 29.8 Å². The molecule has 1 saturated heterocycles. The molecule has 2 aromatic rings. The number of hydrazine groups is 1. The molecule has 8 heteroatoms. The number of fused-ring (bicyclic) bond motifs is 8. The van der Waals surface area contributed by atoms with Gasteiger partial charge in [-0.1, -0.05) is 23.9 Å². The van der Waals surface area contributed by atoms with Crippen molar-refractivity contribution >= 4 is 29.0 Å². The smallest absolute Gasteiger partial charge is 0.249 e. The predicted molar refractivity (Wildman–Crippen MR) is 93.2 cm³/mol. The third-order valence-corrected chi connectivity index (χ3v) is 6.95. The summed E-state index contributed by atoms with van der Waals surface area (Å²) in [6.07, 6.45) is 3.86. The Morgan fingerprint density at radius 1 is 1.43 bits per heavy atom. The molecule has 1 fully saturated rings. The van der Waals surface area contributed by atoms with Crippen molar-refractivity contribution in [2.75, 3.05) is 17.4 Å². The summed E-state index contributed by atoms with van der Waals surface area (Å²) in [5, 5.41) is 16.8. The van der Waals surface area contributed by atoms with E-state index in [1.807, 2.05) is 18.3 Å². The highest BCUT2D eigenvalue weighted by Crippen LogP contribution is 2.48. The van der Waals surface area contributed by atoms with E-state index in [4.69, 9.17) is 0 Å². The van der Waals surface area contributed by atoms with Crippen LogP contribution in [-0.2, 0) is 12.8 Å². The molecule has 0 amide bonds. The second-order valence-electron chi connectivity index (χ2n) is 6.25. The summed E-state index contributed by atoms with van der Waals surface area (Å²) in [4.78, 5) is 1.54. The minimum Gasteiger partial charge on any atom is -0.278 e. The lowest BCUT2D eigenvalue weighted by Gasteiger charge is -2.30. The largest absolute Gasteiger partial charge is 0.278 e. The highest BCUT2D eigenvalue weighted by Gasteiger charge is 2.41. The van der Waals surface area contributed by atoms with Gasteiger partial charge in [-0.2, -0.15) is 0 Å². The van der Waals surface area contributed by atoms with Gasteiger partial charge in [-0.15, -0.1) is 21.5 Å². The van der Waals surface area contributed by atoms with E-state index in [1.54, 1.807) is 22.2 Å². The Labute approximate surface area is 142 Å². The molecule has 1 unspecified atom stereocenters. The lowest BCUT2D eigenvalue weighted by molar-refractivity contribution is 0.588. The molecule has 2 aliphatic heterocycles. The van der Waals surface area contributed by atoms with Gasteiger partial charge in [-0.05, 0) is 31.7 Å². The van der Waals surface area contributed by atoms with E-state index in [0.717, 1.165) is 29.1 Å². The summed E-state index contributed by atoms with van der Waals surface area (Å²) < 4.78 is 2.22. The van der Waals surface area contributed by atoms with Crippen molar-refractivity contribution in [1.82, 2.24) is 25.5 Å². The van der Waals surface area contributed by atoms with Crippen molar-refractivity contribution in [2.24, 2.45) is 0 Å². The maximum atomic E-state index is 4.45. The molecule has 5 rings (SSSR count). The molecular formula is C15H18N6S2. The Hall–Kier alpha value is -1.35. The lowest BCUT2D eigenvalue weighted by atomic mass is 10.1. The van der Waals surface area contributed by atoms with E-state index < -0.39 is 0 Å². The third kappa shape index (κ3) is 1.95. The first-order valence-corrected chi connectivity index (χ1v) is 9.68. The maximum Gasteiger partial charge on any atom is 0.249 e. The monoisotopic (exact) mass is 346 g/mol. The number of rotatable bonds is 3. The fraction of sp³-hybridized carbons (Fsp3) is 0.467. The SMILES string of the molecule is C=C(C)CSc1nnc2n1-c1sc3c(c1C1NCNN21)CCC3. The van der Waals surface area contributed by atoms with Crippen molar-refractivity contribution in [3.63, 3.8) is 0 Å². The second-order valence-corrected chi connectivity index (χ2v) is 8.28. The lowest BCUT2D eigenvalue weighted by Crippen LogP contribution is -2.39. The van der Waals surface area contributed by atoms with Crippen LogP contribution in [0.5, 0.6) is 0 Å². The van der Waals surface area contributed by atoms with Gasteiger partial charge in [-0.25, -0.2) is 9.99 Å². The zero-order valence-corrected chi connectivity index (χ0v) is 14.6. The van der Waals surface area contributed by atoms with E-state index in [2.05, 4.69) is 37.1 Å². The molecular weight excluding hydrogens is 328 g/mol. The highest BCUT2D eigenvalue weighted by atomic mass is 32.2. The Morgan fingerprint density at radius 3 is 3.22 bits per heavy atom. The van der Waals surface area contributed by atoms with Gasteiger partial charge in [0.2, 0.25) is 5.95 Å². The van der Waals surface area contributed by atoms with Gasteiger partial charge in [0.15, 0.2) is 5.16 Å². The standard InChI is InChI=1S/C15H18N6S2/c1-8(2)6-22-15-19-18-14-20(15)13-11(12-16-7-17-21(12)14)9-4-3-5-10(9)23-13/h12,16-17H,1,3-7H2,2H3. The Kier molecular flexibility index (Phi) is 3.09. The fourth-order valence-electron chi connectivity index (χ4n) is 3.57. The first-order valence-electron chi connectivity index (χ1n) is 7.87. The van der Waals surface area contributed by atoms with Gasteiger partial charge in [-0.3, -0.25) is 10.3 Å². The minimum atomic E-state index is 0.179. The summed E-state index contributed by atoms with van der Waals surface area (Å²) in [6.45, 7) is 6.81. The van der Waals surface area contributed by atoms with Crippen molar-refractivity contribution in [2.45, 2.75) is 37.5 Å². The molecule has 2 N–H and O–H groups in total. The third-order valence-electron chi connectivity index (χ3n) is 4.50. The zero-order valence-electron chi connectivity index (χ0n) is 12.9. The minimum absolute atomic E-state index is 0.179. The van der Waals surface area contributed by atoms with E-state index in [9.17, 15) is 0 Å². The summed E-state index contributed by atoms with van der Waals surface area (Å²) in [5.74, 6) is 1.75. The van der Waals surface area contributed by atoms with Crippen molar-refractivity contribution in [1.29, 1.82) is 0 Å². The summed E-state index contributed by atoms with van der Waals surface area (Å²) in [6, 6.07) is 0. The van der Waals surface area contributed by atoms with Crippen molar-refractivity contribution in [3.8, 4) is 5.00 Å². The number of aromatic nitrogens is 3. The van der Waals surface area contributed by atoms with Crippen LogP contribution in [0.1, 0.15) is 35.5 Å². The topological polar surface area (TPSA) is 58.0 Å². The Morgan fingerprint density at radius 2 is 2.35 bits per heavy atom. The number of hydrogen-bond donors (Lipinski definition) is 2. The first-order chi connectivity index (χ1) is 11.2. The van der Waals surface area contributed by atoms with Gasteiger partial charge in [0.1, 0.15) is 11.2 Å².